The number of carbonyl (C=O) groups is 2. The minimum absolute atomic E-state index is 0.154. The van der Waals surface area contributed by atoms with Crippen LogP contribution in [0.15, 0.2) is 24.3 Å². The number of rotatable bonds is 2. The quantitative estimate of drug-likeness (QED) is 0.824. The van der Waals surface area contributed by atoms with Crippen molar-refractivity contribution in [1.29, 1.82) is 0 Å². The first-order chi connectivity index (χ1) is 10.5. The Balaban J connectivity index is 2.06. The number of ether oxygens (including phenoxy) is 3. The number of para-hydroxylation sites is 1. The molecule has 4 atom stereocenters. The normalized spacial score (nSPS) is 32.4. The molecular formula is C16H19NO5. The molecule has 0 unspecified atom stereocenters. The summed E-state index contributed by atoms with van der Waals surface area (Å²) >= 11 is 0. The molecule has 0 amide bonds. The predicted molar refractivity (Wildman–Crippen MR) is 77.2 cm³/mol. The highest BCUT2D eigenvalue weighted by molar-refractivity contribution is 5.89. The maximum atomic E-state index is 12.3. The van der Waals surface area contributed by atoms with Crippen LogP contribution in [0.1, 0.15) is 18.5 Å². The van der Waals surface area contributed by atoms with Crippen LogP contribution < -0.4 is 10.1 Å². The lowest BCUT2D eigenvalue weighted by molar-refractivity contribution is -0.159. The fraction of sp³-hybridized carbons (Fsp3) is 0.500. The Bertz CT molecular complexity index is 616. The highest BCUT2D eigenvalue weighted by atomic mass is 16.5. The van der Waals surface area contributed by atoms with Gasteiger partial charge in [0.25, 0.3) is 0 Å². The van der Waals surface area contributed by atoms with E-state index in [1.165, 1.54) is 14.2 Å². The molecule has 0 aromatic heterocycles. The molecule has 6 nitrogen and oxygen atoms in total. The third-order valence-corrected chi connectivity index (χ3v) is 4.68. The number of fused-ring (bicyclic) bond motifs is 3. The van der Waals surface area contributed by atoms with Crippen LogP contribution in [0.5, 0.6) is 5.75 Å². The zero-order valence-corrected chi connectivity index (χ0v) is 12.8. The van der Waals surface area contributed by atoms with Crippen molar-refractivity contribution in [3.05, 3.63) is 29.8 Å². The van der Waals surface area contributed by atoms with Gasteiger partial charge in [-0.15, -0.1) is 0 Å². The van der Waals surface area contributed by atoms with Crippen LogP contribution in [0.3, 0.4) is 0 Å². The summed E-state index contributed by atoms with van der Waals surface area (Å²) in [6, 6.07) is 7.47. The van der Waals surface area contributed by atoms with Gasteiger partial charge < -0.3 is 14.2 Å². The van der Waals surface area contributed by atoms with Gasteiger partial charge in [0.15, 0.2) is 0 Å². The van der Waals surface area contributed by atoms with Crippen molar-refractivity contribution in [2.24, 2.45) is 11.8 Å². The topological polar surface area (TPSA) is 73.9 Å². The molecule has 22 heavy (non-hydrogen) atoms. The van der Waals surface area contributed by atoms with Gasteiger partial charge in [-0.1, -0.05) is 18.2 Å². The van der Waals surface area contributed by atoms with E-state index >= 15 is 0 Å². The lowest BCUT2D eigenvalue weighted by Crippen LogP contribution is -2.53. The molecule has 6 heteroatoms. The van der Waals surface area contributed by atoms with E-state index < -0.39 is 23.4 Å². The average Bonchev–Trinajstić information content (AvgIpc) is 2.87. The van der Waals surface area contributed by atoms with Gasteiger partial charge in [0.05, 0.1) is 26.7 Å². The molecule has 2 aliphatic heterocycles. The lowest BCUT2D eigenvalue weighted by Gasteiger charge is -2.30. The molecule has 0 radical (unpaired) electrons. The predicted octanol–water partition coefficient (Wildman–Crippen LogP) is 1.06. The average molecular weight is 305 g/mol. The Labute approximate surface area is 128 Å². The van der Waals surface area contributed by atoms with Crippen LogP contribution in [-0.4, -0.2) is 38.3 Å². The molecule has 118 valence electrons. The van der Waals surface area contributed by atoms with E-state index in [1.54, 1.807) is 6.92 Å². The summed E-state index contributed by atoms with van der Waals surface area (Å²) in [7, 11) is 2.64. The Kier molecular flexibility index (Phi) is 3.56. The van der Waals surface area contributed by atoms with Crippen molar-refractivity contribution < 1.29 is 23.8 Å². The SMILES string of the molecule is COC(=O)[C@@H]1[C@H]2COc3ccccc3[C@@H]2N[C@]1(C)C(=O)OC. The summed E-state index contributed by atoms with van der Waals surface area (Å²) in [4.78, 5) is 24.6. The molecule has 1 N–H and O–H groups in total. The van der Waals surface area contributed by atoms with E-state index in [-0.39, 0.29) is 12.0 Å². The number of hydrogen-bond acceptors (Lipinski definition) is 6. The van der Waals surface area contributed by atoms with E-state index in [4.69, 9.17) is 14.2 Å². The molecule has 2 aliphatic rings. The summed E-state index contributed by atoms with van der Waals surface area (Å²) in [5.74, 6) is -0.991. The highest BCUT2D eigenvalue weighted by Crippen LogP contribution is 2.48. The third-order valence-electron chi connectivity index (χ3n) is 4.68. The number of benzene rings is 1. The number of carbonyl (C=O) groups excluding carboxylic acids is 2. The molecule has 0 bridgehead atoms. The van der Waals surface area contributed by atoms with E-state index in [1.807, 2.05) is 24.3 Å². The molecule has 1 aromatic carbocycles. The van der Waals surface area contributed by atoms with Gasteiger partial charge in [-0.3, -0.25) is 14.9 Å². The molecule has 3 rings (SSSR count). The van der Waals surface area contributed by atoms with Gasteiger partial charge in [0.1, 0.15) is 11.3 Å². The Morgan fingerprint density at radius 1 is 1.27 bits per heavy atom. The summed E-state index contributed by atoms with van der Waals surface area (Å²) in [6.07, 6.45) is 0. The van der Waals surface area contributed by atoms with Crippen molar-refractivity contribution in [2.75, 3.05) is 20.8 Å². The Hall–Kier alpha value is -2.08. The van der Waals surface area contributed by atoms with Crippen LogP contribution in [0.4, 0.5) is 0 Å². The Morgan fingerprint density at radius 3 is 2.68 bits per heavy atom. The van der Waals surface area contributed by atoms with Crippen molar-refractivity contribution in [1.82, 2.24) is 5.32 Å². The minimum atomic E-state index is -1.14. The number of nitrogens with one attached hydrogen (secondary N) is 1. The molecule has 2 heterocycles. The van der Waals surface area contributed by atoms with E-state index in [0.717, 1.165) is 11.3 Å². The molecule has 1 saturated heterocycles. The second-order valence-corrected chi connectivity index (χ2v) is 5.83. The zero-order valence-electron chi connectivity index (χ0n) is 12.8. The fourth-order valence-corrected chi connectivity index (χ4v) is 3.63. The lowest BCUT2D eigenvalue weighted by atomic mass is 9.78. The van der Waals surface area contributed by atoms with Crippen molar-refractivity contribution >= 4 is 11.9 Å². The standard InChI is InChI=1S/C16H19NO5/c1-16(15(19)21-3)12(14(18)20-2)10-8-22-11-7-5-4-6-9(11)13(10)17-16/h4-7,10,12-13,17H,8H2,1-3H3/t10-,12+,13+,16+/m1/s1. The minimum Gasteiger partial charge on any atom is -0.493 e. The van der Waals surface area contributed by atoms with E-state index in [0.29, 0.717) is 6.61 Å². The Morgan fingerprint density at radius 2 is 2.00 bits per heavy atom. The van der Waals surface area contributed by atoms with Gasteiger partial charge >= 0.3 is 11.9 Å². The van der Waals surface area contributed by atoms with Crippen LogP contribution in [0.25, 0.3) is 0 Å². The summed E-state index contributed by atoms with van der Waals surface area (Å²) in [6.45, 7) is 2.03. The number of hydrogen-bond donors (Lipinski definition) is 1. The molecular weight excluding hydrogens is 286 g/mol. The second kappa shape index (κ2) is 5.28. The number of esters is 2. The van der Waals surface area contributed by atoms with Crippen LogP contribution >= 0.6 is 0 Å². The van der Waals surface area contributed by atoms with Crippen molar-refractivity contribution in [3.63, 3.8) is 0 Å². The summed E-state index contributed by atoms with van der Waals surface area (Å²) in [5.41, 5.74) is -0.196. The monoisotopic (exact) mass is 305 g/mol. The van der Waals surface area contributed by atoms with Crippen molar-refractivity contribution in [2.45, 2.75) is 18.5 Å². The van der Waals surface area contributed by atoms with Gasteiger partial charge in [0, 0.05) is 17.5 Å². The number of methoxy groups -OCH3 is 2. The van der Waals surface area contributed by atoms with Crippen LogP contribution in [-0.2, 0) is 19.1 Å². The molecule has 0 saturated carbocycles. The molecule has 1 aromatic rings. The maximum Gasteiger partial charge on any atom is 0.326 e. The largest absolute Gasteiger partial charge is 0.493 e. The fourth-order valence-electron chi connectivity index (χ4n) is 3.63. The van der Waals surface area contributed by atoms with Crippen molar-refractivity contribution in [3.8, 4) is 5.75 Å². The first kappa shape index (κ1) is 14.8. The first-order valence-electron chi connectivity index (χ1n) is 7.18. The van der Waals surface area contributed by atoms with E-state index in [9.17, 15) is 9.59 Å². The first-order valence-corrected chi connectivity index (χ1v) is 7.18. The van der Waals surface area contributed by atoms with Gasteiger partial charge in [-0.2, -0.15) is 0 Å². The highest BCUT2D eigenvalue weighted by Gasteiger charge is 2.61. The van der Waals surface area contributed by atoms with Gasteiger partial charge in [0.2, 0.25) is 0 Å². The molecule has 0 spiro atoms. The third kappa shape index (κ3) is 1.98. The smallest absolute Gasteiger partial charge is 0.326 e. The van der Waals surface area contributed by atoms with Gasteiger partial charge in [-0.25, -0.2) is 0 Å². The molecule has 0 aliphatic carbocycles. The second-order valence-electron chi connectivity index (χ2n) is 5.83. The van der Waals surface area contributed by atoms with Crippen LogP contribution in [0.2, 0.25) is 0 Å². The van der Waals surface area contributed by atoms with Gasteiger partial charge in [-0.05, 0) is 13.0 Å². The molecule has 1 fully saturated rings. The van der Waals surface area contributed by atoms with Crippen LogP contribution in [0, 0.1) is 11.8 Å². The summed E-state index contributed by atoms with van der Waals surface area (Å²) in [5, 5.41) is 3.29. The summed E-state index contributed by atoms with van der Waals surface area (Å²) < 4.78 is 15.6. The maximum absolute atomic E-state index is 12.3. The zero-order chi connectivity index (χ0) is 15.9. The van der Waals surface area contributed by atoms with E-state index in [2.05, 4.69) is 5.32 Å².